The number of rotatable bonds is 12. The maximum Gasteiger partial charge on any atom is 0.416 e. The van der Waals surface area contributed by atoms with E-state index in [0.717, 1.165) is 22.0 Å². The Balaban J connectivity index is 1.22. The highest BCUT2D eigenvalue weighted by molar-refractivity contribution is 7.90. The molecule has 0 saturated carbocycles. The maximum absolute atomic E-state index is 13.7. The van der Waals surface area contributed by atoms with E-state index in [1.165, 1.54) is 16.4 Å². The quantitative estimate of drug-likeness (QED) is 0.176. The molecule has 0 saturated heterocycles. The van der Waals surface area contributed by atoms with Gasteiger partial charge in [0.05, 0.1) is 30.2 Å². The van der Waals surface area contributed by atoms with E-state index in [9.17, 15) is 26.4 Å². The van der Waals surface area contributed by atoms with Gasteiger partial charge in [-0.3, -0.25) is 9.10 Å². The van der Waals surface area contributed by atoms with Crippen molar-refractivity contribution in [2.45, 2.75) is 39.4 Å². The molecule has 0 N–H and O–H groups in total. The number of anilines is 1. The summed E-state index contributed by atoms with van der Waals surface area (Å²) in [5.41, 5.74) is 2.47. The number of fused-ring (bicyclic) bond motifs is 1. The van der Waals surface area contributed by atoms with Crippen molar-refractivity contribution in [3.05, 3.63) is 101 Å². The normalized spacial score (nSPS) is 13.2. The smallest absolute Gasteiger partial charge is 0.416 e. The first kappa shape index (κ1) is 32.0. The van der Waals surface area contributed by atoms with Crippen LogP contribution < -0.4 is 9.04 Å². The number of aromatic nitrogens is 1. The number of carbonyl (C=O) groups excluding carboxylic acids is 1. The van der Waals surface area contributed by atoms with E-state index in [1.54, 1.807) is 50.2 Å². The summed E-state index contributed by atoms with van der Waals surface area (Å²) in [6.07, 6.45) is -3.45. The molecule has 3 aromatic carbocycles. The summed E-state index contributed by atoms with van der Waals surface area (Å²) in [4.78, 5) is 16.8. The van der Waals surface area contributed by atoms with E-state index in [4.69, 9.17) is 13.9 Å². The second-order valence-corrected chi connectivity index (χ2v) is 12.2. The lowest BCUT2D eigenvalue weighted by atomic mass is 10.1. The molecule has 238 valence electrons. The van der Waals surface area contributed by atoms with Crippen LogP contribution in [0.4, 0.5) is 18.9 Å². The first-order valence-corrected chi connectivity index (χ1v) is 15.7. The molecule has 9 nitrogen and oxygen atoms in total. The second kappa shape index (κ2) is 13.3. The number of hydrogen-bond donors (Lipinski definition) is 0. The molecule has 0 radical (unpaired) electrons. The second-order valence-electron chi connectivity index (χ2n) is 10.4. The number of benzene rings is 3. The van der Waals surface area contributed by atoms with E-state index in [2.05, 4.69) is 4.98 Å². The van der Waals surface area contributed by atoms with Crippen LogP contribution in [0.1, 0.15) is 35.1 Å². The Bertz CT molecular complexity index is 1740. The summed E-state index contributed by atoms with van der Waals surface area (Å²) in [5.74, 6) is 0.655. The minimum absolute atomic E-state index is 0.0506. The fraction of sp³-hybridized carbons (Fsp3) is 0.312. The molecule has 0 aliphatic carbocycles. The van der Waals surface area contributed by atoms with Crippen molar-refractivity contribution in [3.8, 4) is 17.2 Å². The summed E-state index contributed by atoms with van der Waals surface area (Å²) >= 11 is 0. The molecular formula is C32H32F3N3O6S. The van der Waals surface area contributed by atoms with E-state index in [0.29, 0.717) is 46.9 Å². The summed E-state index contributed by atoms with van der Waals surface area (Å²) < 4.78 is 85.1. The molecule has 13 heteroatoms. The van der Waals surface area contributed by atoms with Crippen LogP contribution >= 0.6 is 0 Å². The number of hydrogen-bond acceptors (Lipinski definition) is 7. The highest BCUT2D eigenvalue weighted by atomic mass is 32.2. The number of alkyl halides is 3. The van der Waals surface area contributed by atoms with Crippen molar-refractivity contribution >= 4 is 21.9 Å². The number of ether oxygens (including phenoxy) is 2. The number of nitrogens with zero attached hydrogens (tertiary/aromatic N) is 3. The van der Waals surface area contributed by atoms with Gasteiger partial charge in [-0.2, -0.15) is 25.9 Å². The number of aryl methyl sites for hydroxylation is 1. The van der Waals surface area contributed by atoms with E-state index in [1.807, 2.05) is 12.1 Å². The lowest BCUT2D eigenvalue weighted by molar-refractivity contribution is -0.143. The zero-order valence-corrected chi connectivity index (χ0v) is 25.5. The molecule has 0 bridgehead atoms. The molecule has 0 unspecified atom stereocenters. The molecule has 45 heavy (non-hydrogen) atoms. The van der Waals surface area contributed by atoms with Gasteiger partial charge < -0.3 is 13.9 Å². The van der Waals surface area contributed by atoms with Gasteiger partial charge in [-0.05, 0) is 73.9 Å². The third-order valence-corrected chi connectivity index (χ3v) is 9.15. The molecule has 0 fully saturated rings. The van der Waals surface area contributed by atoms with Gasteiger partial charge in [-0.25, -0.2) is 4.98 Å². The SMILES string of the molecule is CCOC(=O)CN(Cc1ccc(OCCc2nc(-c3ccc(C(F)(F)F)cc3)oc2C)cc1)S(=O)(=O)N1CCc2ccccc21. The standard InChI is InChI=1S/C32H32F3N3O6S/c1-3-42-30(39)21-37(45(40,41)38-18-16-24-6-4-5-7-29(24)38)20-23-8-14-27(15-9-23)43-19-17-28-22(2)44-31(36-28)25-10-12-26(13-11-25)32(33,34)35/h4-15H,3,16-21H2,1-2H3. The van der Waals surface area contributed by atoms with Gasteiger partial charge in [-0.15, -0.1) is 0 Å². The molecule has 0 amide bonds. The van der Waals surface area contributed by atoms with Gasteiger partial charge in [0, 0.05) is 25.1 Å². The molecule has 0 atom stereocenters. The third kappa shape index (κ3) is 7.48. The Morgan fingerprint density at radius 1 is 1.04 bits per heavy atom. The van der Waals surface area contributed by atoms with Gasteiger partial charge >= 0.3 is 22.4 Å². The zero-order chi connectivity index (χ0) is 32.2. The summed E-state index contributed by atoms with van der Waals surface area (Å²) in [5, 5.41) is 0. The Morgan fingerprint density at radius 2 is 1.76 bits per heavy atom. The highest BCUT2D eigenvalue weighted by Crippen LogP contribution is 2.33. The Labute approximate surface area is 259 Å². The van der Waals surface area contributed by atoms with Gasteiger partial charge in [0.2, 0.25) is 5.89 Å². The lowest BCUT2D eigenvalue weighted by Crippen LogP contribution is -2.45. The van der Waals surface area contributed by atoms with Crippen LogP contribution in [0.3, 0.4) is 0 Å². The minimum atomic E-state index is -4.42. The first-order chi connectivity index (χ1) is 21.5. The van der Waals surface area contributed by atoms with Crippen LogP contribution in [0.25, 0.3) is 11.5 Å². The zero-order valence-electron chi connectivity index (χ0n) is 24.7. The summed E-state index contributed by atoms with van der Waals surface area (Å²) in [6.45, 7) is 3.57. The average Bonchev–Trinajstić information content (AvgIpc) is 3.61. The molecular weight excluding hydrogens is 611 g/mol. The minimum Gasteiger partial charge on any atom is -0.493 e. The third-order valence-electron chi connectivity index (χ3n) is 7.30. The first-order valence-electron chi connectivity index (χ1n) is 14.3. The number of halogens is 3. The molecule has 1 aliphatic heterocycles. The fourth-order valence-electron chi connectivity index (χ4n) is 5.00. The van der Waals surface area contributed by atoms with E-state index in [-0.39, 0.29) is 32.2 Å². The average molecular weight is 644 g/mol. The van der Waals surface area contributed by atoms with Gasteiger partial charge in [0.1, 0.15) is 18.1 Å². The maximum atomic E-state index is 13.7. The monoisotopic (exact) mass is 643 g/mol. The van der Waals surface area contributed by atoms with Crippen molar-refractivity contribution in [3.63, 3.8) is 0 Å². The van der Waals surface area contributed by atoms with Crippen LogP contribution in [0.2, 0.25) is 0 Å². The van der Waals surface area contributed by atoms with Crippen molar-refractivity contribution in [2.75, 3.05) is 30.6 Å². The van der Waals surface area contributed by atoms with Crippen molar-refractivity contribution < 1.29 is 40.3 Å². The Morgan fingerprint density at radius 3 is 2.44 bits per heavy atom. The van der Waals surface area contributed by atoms with E-state index < -0.39 is 34.5 Å². The number of oxazole rings is 1. The molecule has 0 spiro atoms. The molecule has 1 aromatic heterocycles. The van der Waals surface area contributed by atoms with Crippen LogP contribution in [0.5, 0.6) is 5.75 Å². The van der Waals surface area contributed by atoms with Crippen LogP contribution in [0, 0.1) is 6.92 Å². The van der Waals surface area contributed by atoms with Crippen molar-refractivity contribution in [2.24, 2.45) is 0 Å². The van der Waals surface area contributed by atoms with Crippen LogP contribution in [0.15, 0.2) is 77.2 Å². The summed E-state index contributed by atoms with van der Waals surface area (Å²) in [7, 11) is -4.04. The van der Waals surface area contributed by atoms with Crippen molar-refractivity contribution in [1.29, 1.82) is 0 Å². The number of para-hydroxylation sites is 1. The Hall–Kier alpha value is -4.36. The summed E-state index contributed by atoms with van der Waals surface area (Å²) in [6, 6.07) is 18.8. The van der Waals surface area contributed by atoms with E-state index >= 15 is 0 Å². The molecule has 5 rings (SSSR count). The molecule has 4 aromatic rings. The van der Waals surface area contributed by atoms with Crippen molar-refractivity contribution in [1.82, 2.24) is 9.29 Å². The largest absolute Gasteiger partial charge is 0.493 e. The fourth-order valence-corrected chi connectivity index (χ4v) is 6.61. The number of carbonyl (C=O) groups is 1. The van der Waals surface area contributed by atoms with Crippen LogP contribution in [-0.4, -0.2) is 50.0 Å². The highest BCUT2D eigenvalue weighted by Gasteiger charge is 2.36. The Kier molecular flexibility index (Phi) is 9.49. The molecule has 1 aliphatic rings. The predicted molar refractivity (Wildman–Crippen MR) is 161 cm³/mol. The topological polar surface area (TPSA) is 102 Å². The number of esters is 1. The van der Waals surface area contributed by atoms with Gasteiger partial charge in [0.25, 0.3) is 0 Å². The van der Waals surface area contributed by atoms with Crippen LogP contribution in [-0.2, 0) is 45.3 Å². The van der Waals surface area contributed by atoms with Gasteiger partial charge in [0.15, 0.2) is 0 Å². The molecule has 2 heterocycles. The predicted octanol–water partition coefficient (Wildman–Crippen LogP) is 5.96. The lowest BCUT2D eigenvalue weighted by Gasteiger charge is -2.28. The van der Waals surface area contributed by atoms with Gasteiger partial charge in [-0.1, -0.05) is 30.3 Å².